The molecule has 104 valence electrons. The van der Waals surface area contributed by atoms with Gasteiger partial charge in [0.2, 0.25) is 0 Å². The van der Waals surface area contributed by atoms with Gasteiger partial charge in [-0.05, 0) is 37.1 Å². The van der Waals surface area contributed by atoms with Crippen LogP contribution in [0.4, 0.5) is 0 Å². The summed E-state index contributed by atoms with van der Waals surface area (Å²) in [6.45, 7) is 4.26. The molecule has 0 saturated heterocycles. The lowest BCUT2D eigenvalue weighted by Crippen LogP contribution is -2.13. The van der Waals surface area contributed by atoms with E-state index in [0.29, 0.717) is 5.69 Å². The van der Waals surface area contributed by atoms with E-state index in [-0.39, 0.29) is 5.84 Å². The molecule has 0 fully saturated rings. The minimum atomic E-state index is 0.0196. The highest BCUT2D eigenvalue weighted by Crippen LogP contribution is 2.19. The van der Waals surface area contributed by atoms with Gasteiger partial charge in [0.1, 0.15) is 11.5 Å². The van der Waals surface area contributed by atoms with Crippen LogP contribution in [0.5, 0.6) is 0 Å². The quantitative estimate of drug-likeness (QED) is 0.653. The first-order valence-corrected chi connectivity index (χ1v) is 7.64. The normalized spacial score (nSPS) is 10.5. The van der Waals surface area contributed by atoms with Crippen molar-refractivity contribution in [3.05, 3.63) is 64.5 Å². The van der Waals surface area contributed by atoms with Crippen molar-refractivity contribution in [1.29, 1.82) is 5.41 Å². The second-order valence-electron chi connectivity index (χ2n) is 4.95. The van der Waals surface area contributed by atoms with Gasteiger partial charge in [0.25, 0.3) is 0 Å². The molecule has 0 radical (unpaired) electrons. The molecule has 0 unspecified atom stereocenters. The molecule has 1 aromatic carbocycles. The molecular formula is C16H19N3S. The highest BCUT2D eigenvalue weighted by molar-refractivity contribution is 7.97. The largest absolute Gasteiger partial charge is 0.382 e. The van der Waals surface area contributed by atoms with E-state index in [1.165, 1.54) is 16.7 Å². The summed E-state index contributed by atoms with van der Waals surface area (Å²) in [5.41, 5.74) is 11.1. The number of amidine groups is 1. The molecule has 2 aromatic rings. The Bertz CT molecular complexity index is 603. The highest BCUT2D eigenvalue weighted by Gasteiger charge is 2.01. The zero-order valence-electron chi connectivity index (χ0n) is 11.8. The van der Waals surface area contributed by atoms with Gasteiger partial charge < -0.3 is 5.73 Å². The fourth-order valence-electron chi connectivity index (χ4n) is 2.15. The van der Waals surface area contributed by atoms with Crippen LogP contribution in [0.3, 0.4) is 0 Å². The van der Waals surface area contributed by atoms with Crippen LogP contribution >= 0.6 is 11.8 Å². The summed E-state index contributed by atoms with van der Waals surface area (Å²) in [4.78, 5) is 4.07. The summed E-state index contributed by atoms with van der Waals surface area (Å²) in [7, 11) is 0. The molecule has 4 heteroatoms. The molecule has 3 nitrogen and oxygen atoms in total. The van der Waals surface area contributed by atoms with Crippen molar-refractivity contribution in [3.63, 3.8) is 0 Å². The SMILES string of the molecule is Cc1cc(C)cc(CSCc2ccnc(C(=N)N)c2)c1. The van der Waals surface area contributed by atoms with E-state index in [2.05, 4.69) is 37.0 Å². The van der Waals surface area contributed by atoms with Crippen molar-refractivity contribution >= 4 is 17.6 Å². The van der Waals surface area contributed by atoms with Crippen molar-refractivity contribution < 1.29 is 0 Å². The molecular weight excluding hydrogens is 266 g/mol. The smallest absolute Gasteiger partial charge is 0.141 e. The Labute approximate surface area is 124 Å². The van der Waals surface area contributed by atoms with Gasteiger partial charge in [-0.3, -0.25) is 10.4 Å². The number of nitrogens with zero attached hydrogens (tertiary/aromatic N) is 1. The summed E-state index contributed by atoms with van der Waals surface area (Å²) in [6.07, 6.45) is 1.71. The van der Waals surface area contributed by atoms with Crippen LogP contribution in [0.25, 0.3) is 0 Å². The van der Waals surface area contributed by atoms with E-state index >= 15 is 0 Å². The number of aromatic nitrogens is 1. The number of hydrogen-bond acceptors (Lipinski definition) is 3. The van der Waals surface area contributed by atoms with Gasteiger partial charge in [0.05, 0.1) is 0 Å². The van der Waals surface area contributed by atoms with Gasteiger partial charge in [-0.25, -0.2) is 0 Å². The number of thioether (sulfide) groups is 1. The van der Waals surface area contributed by atoms with Gasteiger partial charge in [-0.2, -0.15) is 11.8 Å². The first kappa shape index (κ1) is 14.6. The maximum Gasteiger partial charge on any atom is 0.141 e. The second kappa shape index (κ2) is 6.57. The Hall–Kier alpha value is -1.81. The third-order valence-corrected chi connectivity index (χ3v) is 3.99. The highest BCUT2D eigenvalue weighted by atomic mass is 32.2. The molecule has 3 N–H and O–H groups in total. The molecule has 2 rings (SSSR count). The molecule has 1 aromatic heterocycles. The lowest BCUT2D eigenvalue weighted by atomic mass is 10.1. The molecule has 0 saturated carbocycles. The molecule has 20 heavy (non-hydrogen) atoms. The fraction of sp³-hybridized carbons (Fsp3) is 0.250. The number of nitrogens with two attached hydrogens (primary N) is 1. The average Bonchev–Trinajstić information content (AvgIpc) is 2.38. The number of nitrogens with one attached hydrogen (secondary N) is 1. The number of hydrogen-bond donors (Lipinski definition) is 2. The maximum absolute atomic E-state index is 7.40. The van der Waals surface area contributed by atoms with Crippen molar-refractivity contribution in [2.45, 2.75) is 25.4 Å². The standard InChI is InChI=1S/C16H19N3S/c1-11-5-12(2)7-14(6-11)10-20-9-13-3-4-19-15(8-13)16(17)18/h3-8H,9-10H2,1-2H3,(H3,17,18). The van der Waals surface area contributed by atoms with Crippen molar-refractivity contribution in [2.75, 3.05) is 0 Å². The summed E-state index contributed by atoms with van der Waals surface area (Å²) < 4.78 is 0. The molecule has 0 bridgehead atoms. The Kier molecular flexibility index (Phi) is 4.79. The van der Waals surface area contributed by atoms with E-state index < -0.39 is 0 Å². The zero-order chi connectivity index (χ0) is 14.5. The molecule has 0 aliphatic rings. The van der Waals surface area contributed by atoms with E-state index in [9.17, 15) is 0 Å². The Morgan fingerprint density at radius 1 is 1.10 bits per heavy atom. The molecule has 0 aliphatic heterocycles. The van der Waals surface area contributed by atoms with Gasteiger partial charge >= 0.3 is 0 Å². The molecule has 0 aliphatic carbocycles. The van der Waals surface area contributed by atoms with Gasteiger partial charge in [0.15, 0.2) is 0 Å². The lowest BCUT2D eigenvalue weighted by Gasteiger charge is -2.06. The molecule has 0 atom stereocenters. The third-order valence-electron chi connectivity index (χ3n) is 2.92. The minimum Gasteiger partial charge on any atom is -0.382 e. The van der Waals surface area contributed by atoms with Crippen molar-refractivity contribution in [2.24, 2.45) is 5.73 Å². The Balaban J connectivity index is 1.95. The predicted octanol–water partition coefficient (Wildman–Crippen LogP) is 3.42. The lowest BCUT2D eigenvalue weighted by molar-refractivity contribution is 1.22. The minimum absolute atomic E-state index is 0.0196. The van der Waals surface area contributed by atoms with E-state index in [1.807, 2.05) is 23.9 Å². The van der Waals surface area contributed by atoms with Crippen LogP contribution in [0, 0.1) is 19.3 Å². The van der Waals surface area contributed by atoms with Crippen molar-refractivity contribution in [1.82, 2.24) is 4.98 Å². The Morgan fingerprint density at radius 2 is 1.75 bits per heavy atom. The second-order valence-corrected chi connectivity index (χ2v) is 5.94. The topological polar surface area (TPSA) is 62.8 Å². The number of benzene rings is 1. The van der Waals surface area contributed by atoms with Gasteiger partial charge in [-0.15, -0.1) is 0 Å². The van der Waals surface area contributed by atoms with Crippen LogP contribution in [-0.4, -0.2) is 10.8 Å². The summed E-state index contributed by atoms with van der Waals surface area (Å²) >= 11 is 1.86. The molecule has 1 heterocycles. The first-order chi connectivity index (χ1) is 9.54. The Morgan fingerprint density at radius 3 is 2.40 bits per heavy atom. The summed E-state index contributed by atoms with van der Waals surface area (Å²) in [6, 6.07) is 10.5. The average molecular weight is 285 g/mol. The number of aryl methyl sites for hydroxylation is 2. The third kappa shape index (κ3) is 4.10. The predicted molar refractivity (Wildman–Crippen MR) is 86.2 cm³/mol. The van der Waals surface area contributed by atoms with Crippen LogP contribution < -0.4 is 5.73 Å². The molecule has 0 amide bonds. The van der Waals surface area contributed by atoms with Crippen LogP contribution in [0.15, 0.2) is 36.5 Å². The number of nitrogen functional groups attached to an aromatic ring is 1. The number of pyridine rings is 1. The summed E-state index contributed by atoms with van der Waals surface area (Å²) in [5.74, 6) is 1.90. The summed E-state index contributed by atoms with van der Waals surface area (Å²) in [5, 5.41) is 7.40. The van der Waals surface area contributed by atoms with Crippen LogP contribution in [-0.2, 0) is 11.5 Å². The van der Waals surface area contributed by atoms with E-state index in [1.54, 1.807) is 6.20 Å². The van der Waals surface area contributed by atoms with E-state index in [4.69, 9.17) is 11.1 Å². The van der Waals surface area contributed by atoms with Gasteiger partial charge in [0, 0.05) is 17.7 Å². The number of rotatable bonds is 5. The monoisotopic (exact) mass is 285 g/mol. The fourth-order valence-corrected chi connectivity index (χ4v) is 3.07. The zero-order valence-corrected chi connectivity index (χ0v) is 12.6. The first-order valence-electron chi connectivity index (χ1n) is 6.49. The van der Waals surface area contributed by atoms with Crippen molar-refractivity contribution in [3.8, 4) is 0 Å². The van der Waals surface area contributed by atoms with E-state index in [0.717, 1.165) is 17.1 Å². The van der Waals surface area contributed by atoms with Crippen LogP contribution in [0.2, 0.25) is 0 Å². The van der Waals surface area contributed by atoms with Gasteiger partial charge in [-0.1, -0.05) is 29.3 Å². The maximum atomic E-state index is 7.40. The molecule has 0 spiro atoms. The van der Waals surface area contributed by atoms with Crippen LogP contribution in [0.1, 0.15) is 27.9 Å².